The zero-order valence-electron chi connectivity index (χ0n) is 13.4. The minimum absolute atomic E-state index is 0.0260. The standard InChI is InChI=1S/C15H27N3O4/c1-10(2)13(15(21)22)17-12(19)4-3-7-18-8-5-11(6-9-18)14(16)20/h10-11,13H,3-9H2,1-2H3,(H2,16,20)(H,17,19)(H,21,22). The summed E-state index contributed by atoms with van der Waals surface area (Å²) in [6.45, 7) is 5.94. The molecule has 0 saturated carbocycles. The van der Waals surface area contributed by atoms with E-state index in [0.717, 1.165) is 32.5 Å². The van der Waals surface area contributed by atoms with Gasteiger partial charge in [-0.1, -0.05) is 13.8 Å². The topological polar surface area (TPSA) is 113 Å². The molecule has 0 aliphatic carbocycles. The Labute approximate surface area is 131 Å². The molecule has 0 aromatic carbocycles. The van der Waals surface area contributed by atoms with Crippen molar-refractivity contribution in [1.29, 1.82) is 0 Å². The fourth-order valence-corrected chi connectivity index (χ4v) is 2.66. The molecule has 1 aliphatic rings. The van der Waals surface area contributed by atoms with Crippen LogP contribution in [-0.2, 0) is 14.4 Å². The van der Waals surface area contributed by atoms with Crippen LogP contribution in [0, 0.1) is 11.8 Å². The number of amides is 2. The van der Waals surface area contributed by atoms with E-state index in [1.165, 1.54) is 0 Å². The highest BCUT2D eigenvalue weighted by molar-refractivity contribution is 5.83. The summed E-state index contributed by atoms with van der Waals surface area (Å²) in [5.74, 6) is -1.63. The van der Waals surface area contributed by atoms with Crippen LogP contribution in [0.5, 0.6) is 0 Å². The molecule has 1 fully saturated rings. The molecule has 1 aliphatic heterocycles. The van der Waals surface area contributed by atoms with E-state index in [0.29, 0.717) is 12.8 Å². The fourth-order valence-electron chi connectivity index (χ4n) is 2.66. The number of hydrogen-bond donors (Lipinski definition) is 3. The number of nitrogens with two attached hydrogens (primary N) is 1. The normalized spacial score (nSPS) is 18.1. The third-order valence-electron chi connectivity index (χ3n) is 4.12. The first kappa shape index (κ1) is 18.4. The molecule has 0 aromatic rings. The lowest BCUT2D eigenvalue weighted by Crippen LogP contribution is -2.44. The van der Waals surface area contributed by atoms with Crippen LogP contribution in [0.4, 0.5) is 0 Å². The SMILES string of the molecule is CC(C)C(NC(=O)CCCN1CCC(C(N)=O)CC1)C(=O)O. The predicted octanol–water partition coefficient (Wildman–Crippen LogP) is 0.189. The van der Waals surface area contributed by atoms with Crippen molar-refractivity contribution in [3.63, 3.8) is 0 Å². The van der Waals surface area contributed by atoms with Gasteiger partial charge in [0.15, 0.2) is 0 Å². The van der Waals surface area contributed by atoms with Crippen molar-refractivity contribution in [2.75, 3.05) is 19.6 Å². The van der Waals surface area contributed by atoms with Gasteiger partial charge in [-0.3, -0.25) is 9.59 Å². The molecule has 0 bridgehead atoms. The second kappa shape index (κ2) is 8.73. The molecular weight excluding hydrogens is 286 g/mol. The van der Waals surface area contributed by atoms with E-state index in [1.807, 2.05) is 0 Å². The minimum atomic E-state index is -1.00. The molecule has 7 nitrogen and oxygen atoms in total. The van der Waals surface area contributed by atoms with Crippen LogP contribution in [0.2, 0.25) is 0 Å². The number of primary amides is 1. The highest BCUT2D eigenvalue weighted by Gasteiger charge is 2.24. The van der Waals surface area contributed by atoms with Crippen molar-refractivity contribution >= 4 is 17.8 Å². The third kappa shape index (κ3) is 6.01. The van der Waals surface area contributed by atoms with E-state index in [4.69, 9.17) is 10.8 Å². The van der Waals surface area contributed by atoms with Gasteiger partial charge in [-0.25, -0.2) is 4.79 Å². The Morgan fingerprint density at radius 2 is 1.86 bits per heavy atom. The number of carbonyl (C=O) groups excluding carboxylic acids is 2. The Hall–Kier alpha value is -1.63. The molecule has 1 saturated heterocycles. The quantitative estimate of drug-likeness (QED) is 0.592. The van der Waals surface area contributed by atoms with Gasteiger partial charge in [0.05, 0.1) is 0 Å². The lowest BCUT2D eigenvalue weighted by Gasteiger charge is -2.30. The van der Waals surface area contributed by atoms with Crippen LogP contribution in [0.25, 0.3) is 0 Å². The van der Waals surface area contributed by atoms with Crippen molar-refractivity contribution in [1.82, 2.24) is 10.2 Å². The van der Waals surface area contributed by atoms with E-state index in [2.05, 4.69) is 10.2 Å². The number of piperidine rings is 1. The molecule has 2 amide bonds. The van der Waals surface area contributed by atoms with Crippen LogP contribution in [0.15, 0.2) is 0 Å². The van der Waals surface area contributed by atoms with Crippen LogP contribution in [0.1, 0.15) is 39.5 Å². The summed E-state index contributed by atoms with van der Waals surface area (Å²) >= 11 is 0. The van der Waals surface area contributed by atoms with Gasteiger partial charge in [0, 0.05) is 12.3 Å². The summed E-state index contributed by atoms with van der Waals surface area (Å²) in [5, 5.41) is 11.6. The molecule has 0 radical (unpaired) electrons. The number of likely N-dealkylation sites (tertiary alicyclic amines) is 1. The number of carboxylic acids is 1. The van der Waals surface area contributed by atoms with Gasteiger partial charge in [-0.05, 0) is 44.8 Å². The number of hydrogen-bond acceptors (Lipinski definition) is 4. The third-order valence-corrected chi connectivity index (χ3v) is 4.12. The Morgan fingerprint density at radius 3 is 2.32 bits per heavy atom. The fraction of sp³-hybridized carbons (Fsp3) is 0.800. The summed E-state index contributed by atoms with van der Waals surface area (Å²) in [6.07, 6.45) is 2.54. The number of rotatable bonds is 8. The molecule has 1 heterocycles. The Kier molecular flexibility index (Phi) is 7.31. The summed E-state index contributed by atoms with van der Waals surface area (Å²) < 4.78 is 0. The second-order valence-electron chi connectivity index (χ2n) is 6.25. The Bertz CT molecular complexity index is 404. The summed E-state index contributed by atoms with van der Waals surface area (Å²) in [7, 11) is 0. The van der Waals surface area contributed by atoms with E-state index in [9.17, 15) is 14.4 Å². The molecule has 0 spiro atoms. The van der Waals surface area contributed by atoms with Crippen LogP contribution >= 0.6 is 0 Å². The van der Waals surface area contributed by atoms with Gasteiger partial charge in [0.25, 0.3) is 0 Å². The molecule has 1 atom stereocenters. The average molecular weight is 313 g/mol. The maximum atomic E-state index is 11.8. The number of nitrogens with one attached hydrogen (secondary N) is 1. The highest BCUT2D eigenvalue weighted by atomic mass is 16.4. The molecule has 126 valence electrons. The molecule has 7 heteroatoms. The van der Waals surface area contributed by atoms with Gasteiger partial charge < -0.3 is 21.1 Å². The molecule has 1 rings (SSSR count). The molecule has 0 aromatic heterocycles. The Morgan fingerprint density at radius 1 is 1.27 bits per heavy atom. The maximum Gasteiger partial charge on any atom is 0.326 e. The van der Waals surface area contributed by atoms with Gasteiger partial charge >= 0.3 is 5.97 Å². The summed E-state index contributed by atoms with van der Waals surface area (Å²) in [4.78, 5) is 36.1. The number of aliphatic carboxylic acids is 1. The zero-order valence-corrected chi connectivity index (χ0v) is 13.4. The van der Waals surface area contributed by atoms with E-state index in [-0.39, 0.29) is 23.7 Å². The van der Waals surface area contributed by atoms with Crippen molar-refractivity contribution in [2.45, 2.75) is 45.6 Å². The maximum absolute atomic E-state index is 11.8. The molecular formula is C15H27N3O4. The highest BCUT2D eigenvalue weighted by Crippen LogP contribution is 2.16. The lowest BCUT2D eigenvalue weighted by atomic mass is 9.96. The first-order valence-electron chi connectivity index (χ1n) is 7.85. The van der Waals surface area contributed by atoms with Gasteiger partial charge in [0.2, 0.25) is 11.8 Å². The number of carboxylic acid groups (broad SMARTS) is 1. The van der Waals surface area contributed by atoms with Crippen molar-refractivity contribution in [3.8, 4) is 0 Å². The zero-order chi connectivity index (χ0) is 16.7. The molecule has 4 N–H and O–H groups in total. The lowest BCUT2D eigenvalue weighted by molar-refractivity contribution is -0.143. The second-order valence-corrected chi connectivity index (χ2v) is 6.25. The molecule has 22 heavy (non-hydrogen) atoms. The van der Waals surface area contributed by atoms with Crippen LogP contribution in [-0.4, -0.2) is 53.5 Å². The van der Waals surface area contributed by atoms with Crippen molar-refractivity contribution in [3.05, 3.63) is 0 Å². The number of carbonyl (C=O) groups is 3. The summed E-state index contributed by atoms with van der Waals surface area (Å²) in [5.41, 5.74) is 5.29. The van der Waals surface area contributed by atoms with Gasteiger partial charge in [0.1, 0.15) is 6.04 Å². The largest absolute Gasteiger partial charge is 0.480 e. The van der Waals surface area contributed by atoms with E-state index >= 15 is 0 Å². The first-order valence-corrected chi connectivity index (χ1v) is 7.85. The number of nitrogens with zero attached hydrogens (tertiary/aromatic N) is 1. The van der Waals surface area contributed by atoms with Crippen molar-refractivity contribution < 1.29 is 19.5 Å². The van der Waals surface area contributed by atoms with Crippen LogP contribution < -0.4 is 11.1 Å². The van der Waals surface area contributed by atoms with E-state index < -0.39 is 12.0 Å². The van der Waals surface area contributed by atoms with Crippen molar-refractivity contribution in [2.24, 2.45) is 17.6 Å². The predicted molar refractivity (Wildman–Crippen MR) is 82.0 cm³/mol. The first-order chi connectivity index (χ1) is 10.3. The Balaban J connectivity index is 2.23. The van der Waals surface area contributed by atoms with E-state index in [1.54, 1.807) is 13.8 Å². The smallest absolute Gasteiger partial charge is 0.326 e. The minimum Gasteiger partial charge on any atom is -0.480 e. The van der Waals surface area contributed by atoms with Gasteiger partial charge in [-0.15, -0.1) is 0 Å². The van der Waals surface area contributed by atoms with Gasteiger partial charge in [-0.2, -0.15) is 0 Å². The average Bonchev–Trinajstić information content (AvgIpc) is 2.44. The molecule has 1 unspecified atom stereocenters. The summed E-state index contributed by atoms with van der Waals surface area (Å²) in [6, 6.07) is -0.834. The van der Waals surface area contributed by atoms with Crippen LogP contribution in [0.3, 0.4) is 0 Å². The monoisotopic (exact) mass is 313 g/mol.